The summed E-state index contributed by atoms with van der Waals surface area (Å²) < 4.78 is 0. The van der Waals surface area contributed by atoms with Gasteiger partial charge in [0.2, 0.25) is 0 Å². The number of nitrogens with zero attached hydrogens (tertiary/aromatic N) is 1. The normalized spacial score (nSPS) is 24.1. The molecule has 0 bridgehead atoms. The summed E-state index contributed by atoms with van der Waals surface area (Å²) in [4.78, 5) is 5.64. The third-order valence-corrected chi connectivity index (χ3v) is 3.87. The Hall–Kier alpha value is -0.800. The van der Waals surface area contributed by atoms with Gasteiger partial charge >= 0.3 is 0 Å². The van der Waals surface area contributed by atoms with Crippen molar-refractivity contribution in [3.05, 3.63) is 24.0 Å². The molecule has 1 unspecified atom stereocenters. The minimum Gasteiger partial charge on any atom is -0.367 e. The topological polar surface area (TPSA) is 31.1 Å². The number of aromatic amines is 1. The van der Waals surface area contributed by atoms with Gasteiger partial charge in [-0.15, -0.1) is 0 Å². The third kappa shape index (κ3) is 3.58. The minimum atomic E-state index is 0.297. The number of likely N-dealkylation sites (N-methyl/N-ethyl adjacent to an activating group) is 1. The average molecular weight is 235 g/mol. The molecule has 0 saturated carbocycles. The molecule has 2 N–H and O–H groups in total. The first-order valence-corrected chi connectivity index (χ1v) is 6.64. The Morgan fingerprint density at radius 1 is 1.47 bits per heavy atom. The maximum absolute atomic E-state index is 3.58. The van der Waals surface area contributed by atoms with Gasteiger partial charge in [0.05, 0.1) is 0 Å². The van der Waals surface area contributed by atoms with Crippen LogP contribution in [0.2, 0.25) is 0 Å². The first-order chi connectivity index (χ1) is 8.07. The van der Waals surface area contributed by atoms with E-state index >= 15 is 0 Å². The lowest BCUT2D eigenvalue weighted by molar-refractivity contribution is 0.145. The summed E-state index contributed by atoms with van der Waals surface area (Å²) in [5, 5.41) is 3.58. The van der Waals surface area contributed by atoms with E-state index in [2.05, 4.69) is 48.4 Å². The van der Waals surface area contributed by atoms with E-state index in [1.54, 1.807) is 0 Å². The predicted molar refractivity (Wildman–Crippen MR) is 72.2 cm³/mol. The molecule has 0 amide bonds. The first kappa shape index (κ1) is 12.7. The van der Waals surface area contributed by atoms with Crippen LogP contribution in [0.5, 0.6) is 0 Å². The van der Waals surface area contributed by atoms with Gasteiger partial charge in [-0.3, -0.25) is 0 Å². The van der Waals surface area contributed by atoms with E-state index in [4.69, 9.17) is 0 Å². The van der Waals surface area contributed by atoms with Gasteiger partial charge in [-0.1, -0.05) is 0 Å². The van der Waals surface area contributed by atoms with Crippen molar-refractivity contribution in [1.29, 1.82) is 0 Å². The summed E-state index contributed by atoms with van der Waals surface area (Å²) in [5.41, 5.74) is 1.70. The Kier molecular flexibility index (Phi) is 3.89. The van der Waals surface area contributed by atoms with Gasteiger partial charge in [-0.2, -0.15) is 0 Å². The smallest absolute Gasteiger partial charge is 0.0140 e. The number of H-pyrrole nitrogens is 1. The van der Waals surface area contributed by atoms with E-state index in [1.807, 2.05) is 6.20 Å². The summed E-state index contributed by atoms with van der Waals surface area (Å²) in [7, 11) is 2.26. The van der Waals surface area contributed by atoms with Gasteiger partial charge in [0, 0.05) is 30.5 Å². The van der Waals surface area contributed by atoms with Crippen LogP contribution in [0, 0.1) is 0 Å². The van der Waals surface area contributed by atoms with Crippen molar-refractivity contribution in [2.45, 2.75) is 44.7 Å². The Balaban J connectivity index is 1.81. The molecule has 2 heterocycles. The van der Waals surface area contributed by atoms with Crippen molar-refractivity contribution in [2.24, 2.45) is 0 Å². The summed E-state index contributed by atoms with van der Waals surface area (Å²) in [6, 6.07) is 2.89. The summed E-state index contributed by atoms with van der Waals surface area (Å²) in [6.45, 7) is 6.91. The number of piperidine rings is 1. The number of nitrogens with one attached hydrogen (secondary N) is 2. The van der Waals surface area contributed by atoms with Crippen LogP contribution in [0.1, 0.15) is 32.3 Å². The van der Waals surface area contributed by atoms with Crippen LogP contribution < -0.4 is 5.32 Å². The van der Waals surface area contributed by atoms with E-state index in [1.165, 1.54) is 18.4 Å². The molecule has 96 valence electrons. The van der Waals surface area contributed by atoms with Crippen molar-refractivity contribution in [3.63, 3.8) is 0 Å². The molecular formula is C14H25N3. The molecule has 1 atom stereocenters. The highest BCUT2D eigenvalue weighted by molar-refractivity contribution is 5.08. The molecule has 0 spiro atoms. The van der Waals surface area contributed by atoms with Crippen molar-refractivity contribution in [3.8, 4) is 0 Å². The summed E-state index contributed by atoms with van der Waals surface area (Å²) in [6.07, 6.45) is 7.76. The Labute approximate surface area is 105 Å². The monoisotopic (exact) mass is 235 g/mol. The van der Waals surface area contributed by atoms with Gasteiger partial charge in [-0.05, 0) is 58.3 Å². The largest absolute Gasteiger partial charge is 0.367 e. The molecular weight excluding hydrogens is 210 g/mol. The lowest BCUT2D eigenvalue weighted by Crippen LogP contribution is -2.52. The van der Waals surface area contributed by atoms with Crippen LogP contribution in [-0.4, -0.2) is 41.6 Å². The molecule has 3 heteroatoms. The lowest BCUT2D eigenvalue weighted by Gasteiger charge is -2.40. The molecule has 1 aromatic heterocycles. The molecule has 1 aromatic rings. The van der Waals surface area contributed by atoms with E-state index in [9.17, 15) is 0 Å². The molecule has 0 radical (unpaired) electrons. The second-order valence-electron chi connectivity index (χ2n) is 5.91. The van der Waals surface area contributed by atoms with E-state index in [-0.39, 0.29) is 0 Å². The molecule has 0 aliphatic carbocycles. The van der Waals surface area contributed by atoms with Crippen LogP contribution in [0.25, 0.3) is 0 Å². The van der Waals surface area contributed by atoms with Gasteiger partial charge < -0.3 is 15.2 Å². The predicted octanol–water partition coefficient (Wildman–Crippen LogP) is 2.02. The maximum atomic E-state index is 3.58. The van der Waals surface area contributed by atoms with Crippen LogP contribution in [-0.2, 0) is 6.42 Å². The number of hydrogen-bond donors (Lipinski definition) is 2. The maximum Gasteiger partial charge on any atom is 0.0140 e. The van der Waals surface area contributed by atoms with Crippen molar-refractivity contribution < 1.29 is 0 Å². The number of aromatic nitrogens is 1. The standard InChI is InChI=1S/C14H25N3/c1-14(2)10-13(5-8-16-14)17(3)9-6-12-4-7-15-11-12/h4,7,11,13,15-16H,5-6,8-10H2,1-3H3. The van der Waals surface area contributed by atoms with E-state index in [0.29, 0.717) is 5.54 Å². The van der Waals surface area contributed by atoms with Gasteiger partial charge in [0.1, 0.15) is 0 Å². The van der Waals surface area contributed by atoms with Crippen LogP contribution in [0.3, 0.4) is 0 Å². The fourth-order valence-corrected chi connectivity index (χ4v) is 2.72. The number of hydrogen-bond acceptors (Lipinski definition) is 2. The Morgan fingerprint density at radius 2 is 2.29 bits per heavy atom. The van der Waals surface area contributed by atoms with Gasteiger partial charge in [0.25, 0.3) is 0 Å². The molecule has 1 aliphatic heterocycles. The van der Waals surface area contributed by atoms with Crippen LogP contribution in [0.4, 0.5) is 0 Å². The SMILES string of the molecule is CN(CCc1cc[nH]c1)C1CCNC(C)(C)C1. The third-order valence-electron chi connectivity index (χ3n) is 3.87. The second kappa shape index (κ2) is 5.23. The summed E-state index contributed by atoms with van der Waals surface area (Å²) in [5.74, 6) is 0. The van der Waals surface area contributed by atoms with Crippen LogP contribution in [0.15, 0.2) is 18.5 Å². The molecule has 2 rings (SSSR count). The van der Waals surface area contributed by atoms with Crippen molar-refractivity contribution >= 4 is 0 Å². The van der Waals surface area contributed by atoms with Crippen molar-refractivity contribution in [1.82, 2.24) is 15.2 Å². The highest BCUT2D eigenvalue weighted by Gasteiger charge is 2.29. The van der Waals surface area contributed by atoms with E-state index < -0.39 is 0 Å². The first-order valence-electron chi connectivity index (χ1n) is 6.64. The van der Waals surface area contributed by atoms with Gasteiger partial charge in [0.15, 0.2) is 0 Å². The quantitative estimate of drug-likeness (QED) is 0.836. The van der Waals surface area contributed by atoms with Gasteiger partial charge in [-0.25, -0.2) is 0 Å². The molecule has 3 nitrogen and oxygen atoms in total. The zero-order valence-corrected chi connectivity index (χ0v) is 11.3. The Bertz CT molecular complexity index is 329. The second-order valence-corrected chi connectivity index (χ2v) is 5.91. The van der Waals surface area contributed by atoms with E-state index in [0.717, 1.165) is 25.6 Å². The average Bonchev–Trinajstić information content (AvgIpc) is 2.77. The minimum absolute atomic E-state index is 0.297. The highest BCUT2D eigenvalue weighted by atomic mass is 15.1. The summed E-state index contributed by atoms with van der Waals surface area (Å²) >= 11 is 0. The number of rotatable bonds is 4. The zero-order valence-electron chi connectivity index (χ0n) is 11.3. The Morgan fingerprint density at radius 3 is 2.94 bits per heavy atom. The molecule has 17 heavy (non-hydrogen) atoms. The lowest BCUT2D eigenvalue weighted by atomic mass is 9.88. The zero-order chi connectivity index (χ0) is 12.3. The molecule has 1 fully saturated rings. The van der Waals surface area contributed by atoms with Crippen molar-refractivity contribution in [2.75, 3.05) is 20.1 Å². The highest BCUT2D eigenvalue weighted by Crippen LogP contribution is 2.22. The van der Waals surface area contributed by atoms with Crippen LogP contribution >= 0.6 is 0 Å². The molecule has 1 aliphatic rings. The fraction of sp³-hybridized carbons (Fsp3) is 0.714. The molecule has 1 saturated heterocycles. The fourth-order valence-electron chi connectivity index (χ4n) is 2.72. The molecule has 0 aromatic carbocycles.